The van der Waals surface area contributed by atoms with Crippen LogP contribution in [0.15, 0.2) is 67.1 Å². The predicted octanol–water partition coefficient (Wildman–Crippen LogP) is 4.02. The molecule has 1 amide bonds. The van der Waals surface area contributed by atoms with Crippen molar-refractivity contribution in [2.24, 2.45) is 0 Å². The van der Waals surface area contributed by atoms with Crippen LogP contribution in [0.3, 0.4) is 0 Å². The van der Waals surface area contributed by atoms with Crippen molar-refractivity contribution in [3.8, 4) is 11.3 Å². The lowest BCUT2D eigenvalue weighted by molar-refractivity contribution is -0.137. The number of alkyl halides is 3. The molecule has 0 bridgehead atoms. The minimum Gasteiger partial charge on any atom is -0.352 e. The molecule has 1 N–H and O–H groups in total. The lowest BCUT2D eigenvalue weighted by Crippen LogP contribution is -2.24. The van der Waals surface area contributed by atoms with E-state index in [4.69, 9.17) is 0 Å². The Morgan fingerprint density at radius 1 is 1.00 bits per heavy atom. The fraction of sp³-hybridized carbons (Fsp3) is 0.150. The molecule has 1 aromatic carbocycles. The summed E-state index contributed by atoms with van der Waals surface area (Å²) in [7, 11) is 0. The number of benzene rings is 1. The summed E-state index contributed by atoms with van der Waals surface area (Å²) in [5, 5.41) is 2.77. The van der Waals surface area contributed by atoms with Crippen LogP contribution < -0.4 is 5.32 Å². The van der Waals surface area contributed by atoms with E-state index in [-0.39, 0.29) is 12.3 Å². The van der Waals surface area contributed by atoms with Crippen LogP contribution in [0.25, 0.3) is 11.3 Å². The van der Waals surface area contributed by atoms with Crippen molar-refractivity contribution in [2.45, 2.75) is 19.1 Å². The third-order valence-electron chi connectivity index (χ3n) is 3.92. The average molecular weight is 371 g/mol. The molecule has 2 aromatic heterocycles. The van der Waals surface area contributed by atoms with Gasteiger partial charge in [0.25, 0.3) is 0 Å². The van der Waals surface area contributed by atoms with Gasteiger partial charge in [-0.1, -0.05) is 12.1 Å². The van der Waals surface area contributed by atoms with Gasteiger partial charge in [-0.2, -0.15) is 13.2 Å². The maximum atomic E-state index is 12.6. The number of aromatic nitrogens is 2. The van der Waals surface area contributed by atoms with Gasteiger partial charge in [-0.25, -0.2) is 0 Å². The van der Waals surface area contributed by atoms with Gasteiger partial charge in [-0.3, -0.25) is 14.8 Å². The molecule has 4 nitrogen and oxygen atoms in total. The Morgan fingerprint density at radius 3 is 2.44 bits per heavy atom. The normalized spacial score (nSPS) is 11.2. The summed E-state index contributed by atoms with van der Waals surface area (Å²) in [5.41, 5.74) is 2.27. The molecular weight excluding hydrogens is 355 g/mol. The molecular formula is C20H16F3N3O. The average Bonchev–Trinajstić information content (AvgIpc) is 2.67. The van der Waals surface area contributed by atoms with Crippen molar-refractivity contribution in [1.29, 1.82) is 0 Å². The number of nitrogens with zero attached hydrogens (tertiary/aromatic N) is 2. The predicted molar refractivity (Wildman–Crippen MR) is 94.5 cm³/mol. The molecule has 0 radical (unpaired) electrons. The van der Waals surface area contributed by atoms with Crippen molar-refractivity contribution >= 4 is 5.91 Å². The molecule has 0 unspecified atom stereocenters. The first kappa shape index (κ1) is 18.6. The lowest BCUT2D eigenvalue weighted by Gasteiger charge is -2.09. The third kappa shape index (κ3) is 5.13. The zero-order chi connectivity index (χ0) is 19.3. The number of amides is 1. The van der Waals surface area contributed by atoms with Crippen LogP contribution in [0.5, 0.6) is 0 Å². The summed E-state index contributed by atoms with van der Waals surface area (Å²) in [6.45, 7) is 0.301. The van der Waals surface area contributed by atoms with Crippen molar-refractivity contribution in [3.63, 3.8) is 0 Å². The second-order valence-electron chi connectivity index (χ2n) is 5.94. The van der Waals surface area contributed by atoms with Crippen molar-refractivity contribution in [3.05, 3.63) is 83.8 Å². The SMILES string of the molecule is O=C(Cc1ccc(C(F)(F)F)cc1)NCc1ccnc(-c2cccnc2)c1. The van der Waals surface area contributed by atoms with Gasteiger partial charge in [0, 0.05) is 30.7 Å². The van der Waals surface area contributed by atoms with E-state index < -0.39 is 11.7 Å². The molecule has 0 saturated heterocycles. The number of rotatable bonds is 5. The highest BCUT2D eigenvalue weighted by Crippen LogP contribution is 2.29. The number of hydrogen-bond acceptors (Lipinski definition) is 3. The van der Waals surface area contributed by atoms with Crippen LogP contribution >= 0.6 is 0 Å². The van der Waals surface area contributed by atoms with Gasteiger partial charge in [0.15, 0.2) is 0 Å². The Kier molecular flexibility index (Phi) is 5.49. The second-order valence-corrected chi connectivity index (χ2v) is 5.94. The summed E-state index contributed by atoms with van der Waals surface area (Å²) in [6.07, 6.45) is 0.663. The second kappa shape index (κ2) is 7.99. The smallest absolute Gasteiger partial charge is 0.352 e. The molecule has 0 fully saturated rings. The van der Waals surface area contributed by atoms with Gasteiger partial charge in [-0.05, 0) is 47.5 Å². The highest BCUT2D eigenvalue weighted by atomic mass is 19.4. The summed E-state index contributed by atoms with van der Waals surface area (Å²) >= 11 is 0. The summed E-state index contributed by atoms with van der Waals surface area (Å²) in [4.78, 5) is 20.4. The summed E-state index contributed by atoms with van der Waals surface area (Å²) < 4.78 is 37.7. The quantitative estimate of drug-likeness (QED) is 0.737. The first-order chi connectivity index (χ1) is 12.9. The van der Waals surface area contributed by atoms with E-state index in [0.29, 0.717) is 12.1 Å². The monoisotopic (exact) mass is 371 g/mol. The third-order valence-corrected chi connectivity index (χ3v) is 3.92. The highest BCUT2D eigenvalue weighted by molar-refractivity contribution is 5.78. The van der Waals surface area contributed by atoms with E-state index in [9.17, 15) is 18.0 Å². The fourth-order valence-electron chi connectivity index (χ4n) is 2.52. The van der Waals surface area contributed by atoms with Crippen LogP contribution in [-0.2, 0) is 23.9 Å². The molecule has 3 aromatic rings. The van der Waals surface area contributed by atoms with E-state index in [1.807, 2.05) is 18.2 Å². The number of nitrogens with one attached hydrogen (secondary N) is 1. The zero-order valence-corrected chi connectivity index (χ0v) is 14.2. The van der Waals surface area contributed by atoms with Crippen molar-refractivity contribution in [2.75, 3.05) is 0 Å². The van der Waals surface area contributed by atoms with E-state index in [2.05, 4.69) is 15.3 Å². The molecule has 0 aliphatic rings. The van der Waals surface area contributed by atoms with Gasteiger partial charge < -0.3 is 5.32 Å². The van der Waals surface area contributed by atoms with Crippen LogP contribution in [0.4, 0.5) is 13.2 Å². The fourth-order valence-corrected chi connectivity index (χ4v) is 2.52. The van der Waals surface area contributed by atoms with Crippen molar-refractivity contribution in [1.82, 2.24) is 15.3 Å². The molecule has 0 spiro atoms. The van der Waals surface area contributed by atoms with E-state index in [1.54, 1.807) is 24.7 Å². The highest BCUT2D eigenvalue weighted by Gasteiger charge is 2.29. The van der Waals surface area contributed by atoms with Crippen LogP contribution in [0.2, 0.25) is 0 Å². The molecule has 2 heterocycles. The minimum absolute atomic E-state index is 0.0126. The number of halogens is 3. The maximum Gasteiger partial charge on any atom is 0.416 e. The topological polar surface area (TPSA) is 54.9 Å². The number of hydrogen-bond donors (Lipinski definition) is 1. The lowest BCUT2D eigenvalue weighted by atomic mass is 10.1. The van der Waals surface area contributed by atoms with Gasteiger partial charge in [0.1, 0.15) is 0 Å². The molecule has 0 saturated carbocycles. The van der Waals surface area contributed by atoms with Gasteiger partial charge in [-0.15, -0.1) is 0 Å². The summed E-state index contributed by atoms with van der Waals surface area (Å²) in [6, 6.07) is 11.9. The Hall–Kier alpha value is -3.22. The van der Waals surface area contributed by atoms with Crippen LogP contribution in [0, 0.1) is 0 Å². The Labute approximate surface area is 154 Å². The minimum atomic E-state index is -4.38. The molecule has 7 heteroatoms. The zero-order valence-electron chi connectivity index (χ0n) is 14.2. The van der Waals surface area contributed by atoms with E-state index in [1.165, 1.54) is 12.1 Å². The first-order valence-electron chi connectivity index (χ1n) is 8.20. The molecule has 3 rings (SSSR count). The van der Waals surface area contributed by atoms with Crippen LogP contribution in [-0.4, -0.2) is 15.9 Å². The maximum absolute atomic E-state index is 12.6. The van der Waals surface area contributed by atoms with Gasteiger partial charge in [0.05, 0.1) is 17.7 Å². The standard InChI is InChI=1S/C20H16F3N3O/c21-20(22,23)17-5-3-14(4-6-17)11-19(27)26-12-15-7-9-25-18(10-15)16-2-1-8-24-13-16/h1-10,13H,11-12H2,(H,26,27). The number of pyridine rings is 2. The Bertz CT molecular complexity index is 910. The van der Waals surface area contributed by atoms with Gasteiger partial charge in [0.2, 0.25) is 5.91 Å². The summed E-state index contributed by atoms with van der Waals surface area (Å²) in [5.74, 6) is -0.269. The molecule has 27 heavy (non-hydrogen) atoms. The Balaban J connectivity index is 1.58. The number of carbonyl (C=O) groups is 1. The number of carbonyl (C=O) groups excluding carboxylic acids is 1. The molecule has 138 valence electrons. The van der Waals surface area contributed by atoms with Crippen LogP contribution in [0.1, 0.15) is 16.7 Å². The molecule has 0 atom stereocenters. The first-order valence-corrected chi connectivity index (χ1v) is 8.20. The van der Waals surface area contributed by atoms with Gasteiger partial charge >= 0.3 is 6.18 Å². The van der Waals surface area contributed by atoms with E-state index in [0.717, 1.165) is 29.0 Å². The Morgan fingerprint density at radius 2 is 1.78 bits per heavy atom. The van der Waals surface area contributed by atoms with Crippen molar-refractivity contribution < 1.29 is 18.0 Å². The molecule has 0 aliphatic carbocycles. The van der Waals surface area contributed by atoms with E-state index >= 15 is 0 Å². The largest absolute Gasteiger partial charge is 0.416 e. The molecule has 0 aliphatic heterocycles.